The van der Waals surface area contributed by atoms with Crippen molar-refractivity contribution in [2.45, 2.75) is 38.5 Å². The molecule has 0 bridgehead atoms. The van der Waals surface area contributed by atoms with Gasteiger partial charge in [0.15, 0.2) is 0 Å². The van der Waals surface area contributed by atoms with Gasteiger partial charge in [-0.15, -0.1) is 0 Å². The molecule has 2 aromatic rings. The maximum Gasteiger partial charge on any atom is 0.118 e. The number of rotatable bonds is 5. The first kappa shape index (κ1) is 16.7. The van der Waals surface area contributed by atoms with Gasteiger partial charge in [0.25, 0.3) is 0 Å². The second-order valence-corrected chi connectivity index (χ2v) is 8.13. The first-order valence-corrected chi connectivity index (χ1v) is 8.29. The summed E-state index contributed by atoms with van der Waals surface area (Å²) >= 11 is 0. The van der Waals surface area contributed by atoms with Crippen LogP contribution >= 0.6 is 0 Å². The summed E-state index contributed by atoms with van der Waals surface area (Å²) in [5.41, 5.74) is 1.89. The molecule has 0 radical (unpaired) electrons. The molecule has 6 heteroatoms. The molecule has 2 rings (SSSR count). The summed E-state index contributed by atoms with van der Waals surface area (Å²) < 4.78 is 20.5. The van der Waals surface area contributed by atoms with Crippen molar-refractivity contribution in [2.24, 2.45) is 0 Å². The van der Waals surface area contributed by atoms with E-state index in [1.54, 1.807) is 13.3 Å². The minimum Gasteiger partial charge on any atom is -0.497 e. The van der Waals surface area contributed by atoms with Crippen LogP contribution in [-0.4, -0.2) is 26.0 Å². The van der Waals surface area contributed by atoms with Crippen molar-refractivity contribution in [2.75, 3.05) is 7.11 Å². The van der Waals surface area contributed by atoms with Crippen LogP contribution in [0.25, 0.3) is 0 Å². The molecule has 1 heterocycles. The van der Waals surface area contributed by atoms with Crippen LogP contribution in [0.15, 0.2) is 30.5 Å². The molecule has 0 fully saturated rings. The van der Waals surface area contributed by atoms with Gasteiger partial charge in [0.05, 0.1) is 40.8 Å². The average Bonchev–Trinajstić information content (AvgIpc) is 2.90. The Labute approximate surface area is 134 Å². The third-order valence-electron chi connectivity index (χ3n) is 3.26. The Morgan fingerprint density at radius 1 is 1.27 bits per heavy atom. The van der Waals surface area contributed by atoms with Gasteiger partial charge in [-0.2, -0.15) is 0 Å². The molecule has 0 saturated carbocycles. The zero-order chi connectivity index (χ0) is 16.3. The molecule has 0 aliphatic carbocycles. The van der Waals surface area contributed by atoms with Crippen molar-refractivity contribution in [3.8, 4) is 5.75 Å². The van der Waals surface area contributed by atoms with Crippen molar-refractivity contribution in [3.63, 3.8) is 0 Å². The fourth-order valence-corrected chi connectivity index (χ4v) is 2.81. The molecule has 1 aromatic heterocycles. The second kappa shape index (κ2) is 6.62. The number of ether oxygens (including phenoxy) is 1. The molecule has 2 atom stereocenters. The predicted molar refractivity (Wildman–Crippen MR) is 89.2 cm³/mol. The highest BCUT2D eigenvalue weighted by atomic mass is 32.2. The van der Waals surface area contributed by atoms with Crippen LogP contribution in [0.3, 0.4) is 0 Å². The summed E-state index contributed by atoms with van der Waals surface area (Å²) in [6.45, 7) is 7.73. The summed E-state index contributed by atoms with van der Waals surface area (Å²) in [7, 11) is 0.441. The summed E-state index contributed by atoms with van der Waals surface area (Å²) in [4.78, 5) is 7.47. The lowest BCUT2D eigenvalue weighted by Crippen LogP contribution is -2.36. The van der Waals surface area contributed by atoms with Gasteiger partial charge in [0.1, 0.15) is 11.6 Å². The van der Waals surface area contributed by atoms with Gasteiger partial charge in [-0.1, -0.05) is 12.1 Å². The second-order valence-electron chi connectivity index (χ2n) is 6.13. The van der Waals surface area contributed by atoms with Crippen LogP contribution in [-0.2, 0) is 11.0 Å². The molecule has 22 heavy (non-hydrogen) atoms. The van der Waals surface area contributed by atoms with E-state index in [1.807, 2.05) is 52.0 Å². The Balaban J connectivity index is 2.34. The van der Waals surface area contributed by atoms with Crippen molar-refractivity contribution in [1.82, 2.24) is 14.7 Å². The molecule has 5 nitrogen and oxygen atoms in total. The van der Waals surface area contributed by atoms with Crippen LogP contribution in [0, 0.1) is 6.92 Å². The van der Waals surface area contributed by atoms with Crippen LogP contribution in [0.2, 0.25) is 0 Å². The van der Waals surface area contributed by atoms with Crippen LogP contribution in [0.1, 0.15) is 43.9 Å². The molecule has 120 valence electrons. The van der Waals surface area contributed by atoms with E-state index in [4.69, 9.17) is 4.74 Å². The van der Waals surface area contributed by atoms with Crippen molar-refractivity contribution in [3.05, 3.63) is 47.5 Å². The molecular weight excluding hydrogens is 298 g/mol. The summed E-state index contributed by atoms with van der Waals surface area (Å²) in [5, 5.41) is 0. The Morgan fingerprint density at radius 2 is 1.91 bits per heavy atom. The minimum absolute atomic E-state index is 0.216. The minimum atomic E-state index is -1.20. The van der Waals surface area contributed by atoms with E-state index in [-0.39, 0.29) is 10.8 Å². The molecule has 0 aliphatic heterocycles. The highest BCUT2D eigenvalue weighted by molar-refractivity contribution is 7.84. The van der Waals surface area contributed by atoms with Crippen molar-refractivity contribution >= 4 is 11.0 Å². The third-order valence-corrected chi connectivity index (χ3v) is 4.83. The van der Waals surface area contributed by atoms with Crippen LogP contribution in [0.5, 0.6) is 5.75 Å². The van der Waals surface area contributed by atoms with Crippen molar-refractivity contribution < 1.29 is 8.95 Å². The zero-order valence-electron chi connectivity index (χ0n) is 13.6. The molecular formula is C16H23N3O2S. The maximum absolute atomic E-state index is 12.5. The Bertz CT molecular complexity index is 644. The Morgan fingerprint density at radius 3 is 2.36 bits per heavy atom. The number of H-pyrrole nitrogens is 1. The molecule has 2 N–H and O–H groups in total. The number of imidazole rings is 1. The standard InChI is InChI=1S/C16H23N3O2S/c1-11-17-10-14(18-11)15(19-22(20)16(2,3)4)12-6-8-13(21-5)9-7-12/h6-10,15,19H,1-5H3,(H,17,18). The molecule has 0 aliphatic rings. The normalized spacial score (nSPS) is 14.6. The van der Waals surface area contributed by atoms with E-state index in [1.165, 1.54) is 0 Å². The lowest BCUT2D eigenvalue weighted by Gasteiger charge is -2.24. The highest BCUT2D eigenvalue weighted by Crippen LogP contribution is 2.25. The van der Waals surface area contributed by atoms with Gasteiger partial charge < -0.3 is 9.72 Å². The van der Waals surface area contributed by atoms with Gasteiger partial charge in [0.2, 0.25) is 0 Å². The number of nitrogens with one attached hydrogen (secondary N) is 2. The molecule has 2 unspecified atom stereocenters. The fourth-order valence-electron chi connectivity index (χ4n) is 1.98. The van der Waals surface area contributed by atoms with E-state index >= 15 is 0 Å². The largest absolute Gasteiger partial charge is 0.497 e. The number of hydrogen-bond acceptors (Lipinski definition) is 3. The quantitative estimate of drug-likeness (QED) is 0.890. The molecule has 1 aromatic carbocycles. The SMILES string of the molecule is COc1ccc(C(NS(=O)C(C)(C)C)c2cnc(C)[nH]2)cc1. The number of nitrogens with zero attached hydrogens (tertiary/aromatic N) is 1. The first-order valence-electron chi connectivity index (χ1n) is 7.15. The zero-order valence-corrected chi connectivity index (χ0v) is 14.5. The van der Waals surface area contributed by atoms with Crippen molar-refractivity contribution in [1.29, 1.82) is 0 Å². The molecule has 0 amide bonds. The smallest absolute Gasteiger partial charge is 0.118 e. The van der Waals surface area contributed by atoms with E-state index < -0.39 is 11.0 Å². The number of benzene rings is 1. The lowest BCUT2D eigenvalue weighted by atomic mass is 10.1. The lowest BCUT2D eigenvalue weighted by molar-refractivity contribution is 0.414. The number of aryl methyl sites for hydroxylation is 1. The molecule has 0 spiro atoms. The topological polar surface area (TPSA) is 67.0 Å². The maximum atomic E-state index is 12.5. The van der Waals surface area contributed by atoms with E-state index in [9.17, 15) is 4.21 Å². The number of aromatic amines is 1. The van der Waals surface area contributed by atoms with Gasteiger partial charge in [-0.3, -0.25) is 0 Å². The van der Waals surface area contributed by atoms with Gasteiger partial charge in [-0.25, -0.2) is 13.9 Å². The van der Waals surface area contributed by atoms with Crippen LogP contribution < -0.4 is 9.46 Å². The first-order chi connectivity index (χ1) is 10.3. The van der Waals surface area contributed by atoms with Gasteiger partial charge >= 0.3 is 0 Å². The average molecular weight is 321 g/mol. The van der Waals surface area contributed by atoms with Gasteiger partial charge in [-0.05, 0) is 45.4 Å². The van der Waals surface area contributed by atoms with E-state index in [0.717, 1.165) is 22.8 Å². The van der Waals surface area contributed by atoms with Gasteiger partial charge in [0, 0.05) is 0 Å². The number of methoxy groups -OCH3 is 1. The number of hydrogen-bond donors (Lipinski definition) is 2. The highest BCUT2D eigenvalue weighted by Gasteiger charge is 2.25. The fraction of sp³-hybridized carbons (Fsp3) is 0.438. The Kier molecular flexibility index (Phi) is 5.03. The Hall–Kier alpha value is -1.66. The predicted octanol–water partition coefficient (Wildman–Crippen LogP) is 2.87. The summed E-state index contributed by atoms with van der Waals surface area (Å²) in [5.74, 6) is 1.62. The van der Waals surface area contributed by atoms with Crippen LogP contribution in [0.4, 0.5) is 0 Å². The van der Waals surface area contributed by atoms with E-state index in [2.05, 4.69) is 14.7 Å². The van der Waals surface area contributed by atoms with E-state index in [0.29, 0.717) is 0 Å². The molecule has 0 saturated heterocycles. The summed E-state index contributed by atoms with van der Waals surface area (Å²) in [6.07, 6.45) is 1.77. The number of aromatic nitrogens is 2. The monoisotopic (exact) mass is 321 g/mol. The summed E-state index contributed by atoms with van der Waals surface area (Å²) in [6, 6.07) is 7.51. The third kappa shape index (κ3) is 3.96.